The molecular weight excluding hydrogens is 346 g/mol. The zero-order valence-corrected chi connectivity index (χ0v) is 15.2. The fourth-order valence-electron chi connectivity index (χ4n) is 3.25. The number of amides is 1. The van der Waals surface area contributed by atoms with Crippen molar-refractivity contribution < 1.29 is 19.0 Å². The quantitative estimate of drug-likeness (QED) is 0.733. The fourth-order valence-corrected chi connectivity index (χ4v) is 3.25. The van der Waals surface area contributed by atoms with E-state index in [2.05, 4.69) is 15.3 Å². The van der Waals surface area contributed by atoms with Crippen LogP contribution in [0.4, 0.5) is 10.7 Å². The predicted molar refractivity (Wildman–Crippen MR) is 100 cm³/mol. The lowest BCUT2D eigenvalue weighted by Crippen LogP contribution is -2.29. The molecule has 1 aromatic heterocycles. The second-order valence-corrected chi connectivity index (χ2v) is 6.38. The fraction of sp³-hybridized carbons (Fsp3) is 0.300. The summed E-state index contributed by atoms with van der Waals surface area (Å²) in [6.07, 6.45) is -0.572. The standard InChI is InChI=1S/C20H21N3O4/c1-3-25-19(24)23-18-21-16-10-9-15(11-17(16)22-18)20(26-12-13(2)27-20)14-7-5-4-6-8-14/h4-11,13H,3,12H2,1-2H3,(H2,21,22,23,24). The molecule has 1 aliphatic rings. The number of rotatable bonds is 4. The first-order valence-electron chi connectivity index (χ1n) is 8.92. The summed E-state index contributed by atoms with van der Waals surface area (Å²) >= 11 is 0. The summed E-state index contributed by atoms with van der Waals surface area (Å²) in [4.78, 5) is 19.1. The van der Waals surface area contributed by atoms with E-state index >= 15 is 0 Å². The maximum absolute atomic E-state index is 11.6. The number of fused-ring (bicyclic) bond motifs is 1. The molecule has 7 heteroatoms. The number of hydrogen-bond acceptors (Lipinski definition) is 5. The average molecular weight is 367 g/mol. The van der Waals surface area contributed by atoms with E-state index in [9.17, 15) is 4.79 Å². The molecule has 0 radical (unpaired) electrons. The van der Waals surface area contributed by atoms with Crippen LogP contribution in [-0.4, -0.2) is 35.4 Å². The Morgan fingerprint density at radius 2 is 2.11 bits per heavy atom. The summed E-state index contributed by atoms with van der Waals surface area (Å²) in [6, 6.07) is 15.6. The lowest BCUT2D eigenvalue weighted by atomic mass is 9.97. The van der Waals surface area contributed by atoms with Crippen molar-refractivity contribution in [1.29, 1.82) is 0 Å². The van der Waals surface area contributed by atoms with Crippen LogP contribution in [0.3, 0.4) is 0 Å². The molecule has 2 N–H and O–H groups in total. The molecule has 2 heterocycles. The van der Waals surface area contributed by atoms with E-state index in [0.29, 0.717) is 19.2 Å². The highest BCUT2D eigenvalue weighted by molar-refractivity contribution is 5.86. The van der Waals surface area contributed by atoms with Crippen molar-refractivity contribution >= 4 is 23.1 Å². The number of nitrogens with zero attached hydrogens (tertiary/aromatic N) is 1. The van der Waals surface area contributed by atoms with Crippen LogP contribution in [0.1, 0.15) is 25.0 Å². The van der Waals surface area contributed by atoms with Gasteiger partial charge in [-0.15, -0.1) is 0 Å². The molecule has 140 valence electrons. The molecule has 3 aromatic rings. The Labute approximate surface area is 156 Å². The summed E-state index contributed by atoms with van der Waals surface area (Å²) < 4.78 is 17.2. The number of anilines is 1. The van der Waals surface area contributed by atoms with Gasteiger partial charge in [0.2, 0.25) is 11.7 Å². The Morgan fingerprint density at radius 1 is 1.30 bits per heavy atom. The van der Waals surface area contributed by atoms with Crippen molar-refractivity contribution in [2.45, 2.75) is 25.7 Å². The summed E-state index contributed by atoms with van der Waals surface area (Å²) in [7, 11) is 0. The van der Waals surface area contributed by atoms with Gasteiger partial charge in [-0.3, -0.25) is 5.32 Å². The molecule has 2 atom stereocenters. The van der Waals surface area contributed by atoms with E-state index in [0.717, 1.165) is 22.2 Å². The number of benzene rings is 2. The molecule has 1 fully saturated rings. The largest absolute Gasteiger partial charge is 0.450 e. The Morgan fingerprint density at radius 3 is 2.81 bits per heavy atom. The maximum Gasteiger partial charge on any atom is 0.413 e. The third kappa shape index (κ3) is 3.27. The van der Waals surface area contributed by atoms with Gasteiger partial charge in [-0.05, 0) is 26.0 Å². The van der Waals surface area contributed by atoms with Gasteiger partial charge in [-0.2, -0.15) is 0 Å². The molecule has 27 heavy (non-hydrogen) atoms. The van der Waals surface area contributed by atoms with Gasteiger partial charge in [-0.1, -0.05) is 36.4 Å². The second-order valence-electron chi connectivity index (χ2n) is 6.38. The van der Waals surface area contributed by atoms with E-state index in [1.165, 1.54) is 0 Å². The molecule has 1 saturated heterocycles. The van der Waals surface area contributed by atoms with E-state index in [1.807, 2.05) is 55.5 Å². The highest BCUT2D eigenvalue weighted by Crippen LogP contribution is 2.41. The summed E-state index contributed by atoms with van der Waals surface area (Å²) in [5, 5.41) is 2.58. The molecule has 2 unspecified atom stereocenters. The predicted octanol–water partition coefficient (Wildman–Crippen LogP) is 3.77. The normalized spacial score (nSPS) is 22.1. The Kier molecular flexibility index (Phi) is 4.55. The number of imidazole rings is 1. The van der Waals surface area contributed by atoms with Crippen molar-refractivity contribution in [3.8, 4) is 0 Å². The molecule has 2 aromatic carbocycles. The number of hydrogen-bond donors (Lipinski definition) is 2. The van der Waals surface area contributed by atoms with Gasteiger partial charge in [0.1, 0.15) is 0 Å². The minimum absolute atomic E-state index is 0.0243. The number of H-pyrrole nitrogens is 1. The first-order chi connectivity index (χ1) is 13.1. The van der Waals surface area contributed by atoms with Crippen molar-refractivity contribution in [1.82, 2.24) is 9.97 Å². The molecule has 0 saturated carbocycles. The lowest BCUT2D eigenvalue weighted by molar-refractivity contribution is -0.140. The van der Waals surface area contributed by atoms with E-state index < -0.39 is 11.9 Å². The number of nitrogens with one attached hydrogen (secondary N) is 2. The minimum atomic E-state index is -0.964. The first kappa shape index (κ1) is 17.5. The van der Waals surface area contributed by atoms with Crippen LogP contribution in [0.5, 0.6) is 0 Å². The second kappa shape index (κ2) is 7.02. The molecule has 0 aliphatic carbocycles. The third-order valence-electron chi connectivity index (χ3n) is 4.40. The van der Waals surface area contributed by atoms with Crippen LogP contribution in [-0.2, 0) is 20.0 Å². The Balaban J connectivity index is 1.72. The topological polar surface area (TPSA) is 85.5 Å². The van der Waals surface area contributed by atoms with Crippen molar-refractivity contribution in [3.05, 3.63) is 59.7 Å². The monoisotopic (exact) mass is 367 g/mol. The SMILES string of the molecule is CCOC(=O)Nc1nc2ccc(C3(c4ccccc4)OCC(C)O3)cc2[nH]1. The highest BCUT2D eigenvalue weighted by Gasteiger charge is 2.43. The summed E-state index contributed by atoms with van der Waals surface area (Å²) in [5.41, 5.74) is 3.27. The highest BCUT2D eigenvalue weighted by atomic mass is 16.7. The number of aromatic nitrogens is 2. The van der Waals surface area contributed by atoms with Gasteiger partial charge >= 0.3 is 6.09 Å². The summed E-state index contributed by atoms with van der Waals surface area (Å²) in [5.74, 6) is -0.634. The number of aromatic amines is 1. The maximum atomic E-state index is 11.6. The molecule has 0 spiro atoms. The van der Waals surface area contributed by atoms with Gasteiger partial charge in [0.25, 0.3) is 0 Å². The van der Waals surface area contributed by atoms with Crippen molar-refractivity contribution in [2.75, 3.05) is 18.5 Å². The summed E-state index contributed by atoms with van der Waals surface area (Å²) in [6.45, 7) is 4.53. The van der Waals surface area contributed by atoms with Gasteiger partial charge in [0.05, 0.1) is 30.4 Å². The van der Waals surface area contributed by atoms with Gasteiger partial charge in [0.15, 0.2) is 0 Å². The van der Waals surface area contributed by atoms with E-state index in [4.69, 9.17) is 14.2 Å². The average Bonchev–Trinajstić information content (AvgIpc) is 3.25. The van der Waals surface area contributed by atoms with E-state index in [-0.39, 0.29) is 6.10 Å². The molecule has 1 aliphatic heterocycles. The van der Waals surface area contributed by atoms with Crippen LogP contribution < -0.4 is 5.32 Å². The Bertz CT molecular complexity index is 956. The van der Waals surface area contributed by atoms with E-state index in [1.54, 1.807) is 6.92 Å². The molecular formula is C20H21N3O4. The zero-order chi connectivity index (χ0) is 18.9. The molecule has 1 amide bonds. The first-order valence-corrected chi connectivity index (χ1v) is 8.92. The smallest absolute Gasteiger partial charge is 0.413 e. The molecule has 7 nitrogen and oxygen atoms in total. The van der Waals surface area contributed by atoms with Gasteiger partial charge < -0.3 is 19.2 Å². The van der Waals surface area contributed by atoms with Crippen LogP contribution in [0.15, 0.2) is 48.5 Å². The lowest BCUT2D eigenvalue weighted by Gasteiger charge is -2.29. The zero-order valence-electron chi connectivity index (χ0n) is 15.2. The number of ether oxygens (including phenoxy) is 3. The molecule has 0 bridgehead atoms. The number of carbonyl (C=O) groups excluding carboxylic acids is 1. The van der Waals surface area contributed by atoms with Crippen LogP contribution in [0.2, 0.25) is 0 Å². The third-order valence-corrected chi connectivity index (χ3v) is 4.40. The van der Waals surface area contributed by atoms with Crippen molar-refractivity contribution in [3.63, 3.8) is 0 Å². The van der Waals surface area contributed by atoms with Gasteiger partial charge in [-0.25, -0.2) is 9.78 Å². The minimum Gasteiger partial charge on any atom is -0.450 e. The van der Waals surface area contributed by atoms with Crippen molar-refractivity contribution in [2.24, 2.45) is 0 Å². The van der Waals surface area contributed by atoms with Gasteiger partial charge in [0, 0.05) is 11.1 Å². The van der Waals surface area contributed by atoms with Crippen LogP contribution in [0.25, 0.3) is 11.0 Å². The van der Waals surface area contributed by atoms with Crippen LogP contribution in [0, 0.1) is 0 Å². The molecule has 4 rings (SSSR count). The Hall–Kier alpha value is -2.90. The van der Waals surface area contributed by atoms with Crippen LogP contribution >= 0.6 is 0 Å². The number of carbonyl (C=O) groups is 1.